The van der Waals surface area contributed by atoms with Gasteiger partial charge in [0.05, 0.1) is 19.3 Å². The van der Waals surface area contributed by atoms with Crippen molar-refractivity contribution in [2.45, 2.75) is 6.92 Å². The van der Waals surface area contributed by atoms with E-state index in [9.17, 15) is 9.59 Å². The Labute approximate surface area is 135 Å². The van der Waals surface area contributed by atoms with E-state index in [-0.39, 0.29) is 18.0 Å². The van der Waals surface area contributed by atoms with Crippen molar-refractivity contribution in [1.82, 2.24) is 0 Å². The topological polar surface area (TPSA) is 52.6 Å². The first-order valence-electron chi connectivity index (χ1n) is 7.23. The van der Waals surface area contributed by atoms with Crippen molar-refractivity contribution >= 4 is 17.3 Å². The van der Waals surface area contributed by atoms with E-state index in [0.717, 1.165) is 0 Å². The SMILES string of the molecule is C=C(C(=O)OCC)c1c(OC)cccc1C(=O)c1ccccc1. The van der Waals surface area contributed by atoms with Crippen LogP contribution in [0.1, 0.15) is 28.4 Å². The number of ketones is 1. The van der Waals surface area contributed by atoms with Crippen LogP contribution in [-0.4, -0.2) is 25.5 Å². The Kier molecular flexibility index (Phi) is 5.31. The summed E-state index contributed by atoms with van der Waals surface area (Å²) in [5.74, 6) is -0.367. The van der Waals surface area contributed by atoms with Crippen LogP contribution in [0.3, 0.4) is 0 Å². The van der Waals surface area contributed by atoms with Crippen LogP contribution < -0.4 is 4.74 Å². The van der Waals surface area contributed by atoms with Crippen LogP contribution in [0.5, 0.6) is 5.75 Å². The molecule has 4 nitrogen and oxygen atoms in total. The van der Waals surface area contributed by atoms with E-state index in [1.165, 1.54) is 7.11 Å². The van der Waals surface area contributed by atoms with Gasteiger partial charge in [-0.2, -0.15) is 0 Å². The molecule has 0 heterocycles. The number of carbonyl (C=O) groups excluding carboxylic acids is 2. The fraction of sp³-hybridized carbons (Fsp3) is 0.158. The number of esters is 1. The molecule has 23 heavy (non-hydrogen) atoms. The second-order valence-electron chi connectivity index (χ2n) is 4.78. The molecule has 0 aliphatic heterocycles. The first kappa shape index (κ1) is 16.5. The smallest absolute Gasteiger partial charge is 0.338 e. The molecule has 0 fully saturated rings. The lowest BCUT2D eigenvalue weighted by atomic mass is 9.93. The van der Waals surface area contributed by atoms with Crippen molar-refractivity contribution in [2.24, 2.45) is 0 Å². The highest BCUT2D eigenvalue weighted by Crippen LogP contribution is 2.31. The van der Waals surface area contributed by atoms with Crippen molar-refractivity contribution < 1.29 is 19.1 Å². The highest BCUT2D eigenvalue weighted by atomic mass is 16.5. The van der Waals surface area contributed by atoms with Crippen molar-refractivity contribution in [3.8, 4) is 5.75 Å². The Morgan fingerprint density at radius 1 is 1.04 bits per heavy atom. The number of benzene rings is 2. The van der Waals surface area contributed by atoms with Gasteiger partial charge in [0.25, 0.3) is 0 Å². The van der Waals surface area contributed by atoms with Gasteiger partial charge in [-0.3, -0.25) is 4.79 Å². The van der Waals surface area contributed by atoms with Crippen molar-refractivity contribution in [1.29, 1.82) is 0 Å². The van der Waals surface area contributed by atoms with Crippen LogP contribution in [0.15, 0.2) is 55.1 Å². The average Bonchev–Trinajstić information content (AvgIpc) is 2.60. The maximum Gasteiger partial charge on any atom is 0.338 e. The summed E-state index contributed by atoms with van der Waals surface area (Å²) in [7, 11) is 1.48. The molecule has 4 heteroatoms. The third kappa shape index (κ3) is 3.48. The van der Waals surface area contributed by atoms with Gasteiger partial charge in [-0.05, 0) is 13.0 Å². The Hall–Kier alpha value is -2.88. The quantitative estimate of drug-likeness (QED) is 0.465. The maximum absolute atomic E-state index is 12.8. The number of carbonyl (C=O) groups is 2. The summed E-state index contributed by atoms with van der Waals surface area (Å²) in [6.07, 6.45) is 0. The lowest BCUT2D eigenvalue weighted by molar-refractivity contribution is -0.136. The van der Waals surface area contributed by atoms with Crippen LogP contribution in [0, 0.1) is 0 Å². The van der Waals surface area contributed by atoms with Gasteiger partial charge in [0, 0.05) is 16.7 Å². The van der Waals surface area contributed by atoms with Gasteiger partial charge in [-0.1, -0.05) is 49.0 Å². The number of hydrogen-bond acceptors (Lipinski definition) is 4. The van der Waals surface area contributed by atoms with Crippen LogP contribution in [0.25, 0.3) is 5.57 Å². The van der Waals surface area contributed by atoms with Crippen LogP contribution in [0.4, 0.5) is 0 Å². The van der Waals surface area contributed by atoms with Gasteiger partial charge in [0.1, 0.15) is 5.75 Å². The van der Waals surface area contributed by atoms with E-state index in [1.54, 1.807) is 49.4 Å². The molecule has 0 amide bonds. The van der Waals surface area contributed by atoms with E-state index >= 15 is 0 Å². The van der Waals surface area contributed by atoms with Crippen LogP contribution in [0.2, 0.25) is 0 Å². The summed E-state index contributed by atoms with van der Waals surface area (Å²) in [5.41, 5.74) is 1.35. The number of hydrogen-bond donors (Lipinski definition) is 0. The Balaban J connectivity index is 2.54. The molecular formula is C19H18O4. The Bertz CT molecular complexity index is 732. The van der Waals surface area contributed by atoms with E-state index < -0.39 is 5.97 Å². The largest absolute Gasteiger partial charge is 0.496 e. The highest BCUT2D eigenvalue weighted by molar-refractivity contribution is 6.22. The lowest BCUT2D eigenvalue weighted by Crippen LogP contribution is -2.12. The van der Waals surface area contributed by atoms with Crippen molar-refractivity contribution in [2.75, 3.05) is 13.7 Å². The summed E-state index contributed by atoms with van der Waals surface area (Å²) in [6.45, 7) is 5.72. The molecule has 0 saturated heterocycles. The van der Waals surface area contributed by atoms with Crippen molar-refractivity contribution in [3.63, 3.8) is 0 Å². The molecule has 0 saturated carbocycles. The van der Waals surface area contributed by atoms with Gasteiger partial charge in [0.2, 0.25) is 0 Å². The first-order valence-corrected chi connectivity index (χ1v) is 7.23. The zero-order valence-electron chi connectivity index (χ0n) is 13.2. The zero-order valence-corrected chi connectivity index (χ0v) is 13.2. The van der Waals surface area contributed by atoms with E-state index in [0.29, 0.717) is 22.4 Å². The number of ether oxygens (including phenoxy) is 2. The average molecular weight is 310 g/mol. The summed E-state index contributed by atoms with van der Waals surface area (Å²) in [5, 5.41) is 0. The van der Waals surface area contributed by atoms with Crippen LogP contribution in [-0.2, 0) is 9.53 Å². The first-order chi connectivity index (χ1) is 11.1. The Morgan fingerprint density at radius 3 is 2.35 bits per heavy atom. The Morgan fingerprint density at radius 2 is 1.74 bits per heavy atom. The van der Waals surface area contributed by atoms with Crippen LogP contribution >= 0.6 is 0 Å². The standard InChI is InChI=1S/C19H18O4/c1-4-23-19(21)13(2)17-15(11-8-12-16(17)22-3)18(20)14-9-6-5-7-10-14/h5-12H,2,4H2,1,3H3. The minimum absolute atomic E-state index is 0.101. The molecule has 118 valence electrons. The summed E-state index contributed by atoms with van der Waals surface area (Å²) >= 11 is 0. The molecule has 0 aliphatic rings. The molecular weight excluding hydrogens is 292 g/mol. The summed E-state index contributed by atoms with van der Waals surface area (Å²) < 4.78 is 10.3. The predicted octanol–water partition coefficient (Wildman–Crippen LogP) is 3.50. The second-order valence-corrected chi connectivity index (χ2v) is 4.78. The molecule has 0 unspecified atom stereocenters. The lowest BCUT2D eigenvalue weighted by Gasteiger charge is -2.14. The molecule has 0 radical (unpaired) electrons. The predicted molar refractivity (Wildman–Crippen MR) is 88.5 cm³/mol. The second kappa shape index (κ2) is 7.40. The van der Waals surface area contributed by atoms with E-state index in [2.05, 4.69) is 6.58 Å². The normalized spacial score (nSPS) is 10.0. The number of methoxy groups -OCH3 is 1. The van der Waals surface area contributed by atoms with Gasteiger partial charge in [-0.15, -0.1) is 0 Å². The molecule has 0 N–H and O–H groups in total. The third-order valence-corrected chi connectivity index (χ3v) is 3.35. The van der Waals surface area contributed by atoms with Crippen molar-refractivity contribution in [3.05, 3.63) is 71.8 Å². The number of rotatable bonds is 6. The molecule has 0 atom stereocenters. The summed E-state index contributed by atoms with van der Waals surface area (Å²) in [4.78, 5) is 24.8. The fourth-order valence-corrected chi connectivity index (χ4v) is 2.27. The van der Waals surface area contributed by atoms with Gasteiger partial charge in [0.15, 0.2) is 5.78 Å². The van der Waals surface area contributed by atoms with Gasteiger partial charge < -0.3 is 9.47 Å². The van der Waals surface area contributed by atoms with Gasteiger partial charge in [-0.25, -0.2) is 4.79 Å². The minimum atomic E-state index is -0.570. The van der Waals surface area contributed by atoms with E-state index in [4.69, 9.17) is 9.47 Å². The maximum atomic E-state index is 12.8. The fourth-order valence-electron chi connectivity index (χ4n) is 2.27. The molecule has 2 aromatic rings. The van der Waals surface area contributed by atoms with Gasteiger partial charge >= 0.3 is 5.97 Å². The molecule has 2 rings (SSSR count). The van der Waals surface area contributed by atoms with E-state index in [1.807, 2.05) is 6.07 Å². The molecule has 0 spiro atoms. The molecule has 2 aromatic carbocycles. The summed E-state index contributed by atoms with van der Waals surface area (Å²) in [6, 6.07) is 13.9. The third-order valence-electron chi connectivity index (χ3n) is 3.35. The monoisotopic (exact) mass is 310 g/mol. The molecule has 0 bridgehead atoms. The zero-order chi connectivity index (χ0) is 16.8. The molecule has 0 aliphatic carbocycles. The highest BCUT2D eigenvalue weighted by Gasteiger charge is 2.23. The minimum Gasteiger partial charge on any atom is -0.496 e. The molecule has 0 aromatic heterocycles.